The molecule has 0 fully saturated rings. The van der Waals surface area contributed by atoms with Crippen molar-refractivity contribution in [3.05, 3.63) is 89.5 Å². The van der Waals surface area contributed by atoms with Crippen LogP contribution in [-0.2, 0) is 32.0 Å². The lowest BCUT2D eigenvalue weighted by atomic mass is 10.1. The largest absolute Gasteiger partial charge is 0.443 e. The van der Waals surface area contributed by atoms with E-state index in [1.807, 2.05) is 0 Å². The Balaban J connectivity index is 1.60. The van der Waals surface area contributed by atoms with Gasteiger partial charge in [-0.25, -0.2) is 8.42 Å². The van der Waals surface area contributed by atoms with E-state index in [0.717, 1.165) is 0 Å². The first kappa shape index (κ1) is 21.4. The number of benzene rings is 3. The molecule has 33 heavy (non-hydrogen) atoms. The first-order valence-electron chi connectivity index (χ1n) is 10.2. The monoisotopic (exact) mass is 481 g/mol. The van der Waals surface area contributed by atoms with E-state index in [1.54, 1.807) is 54.6 Å². The van der Waals surface area contributed by atoms with Crippen molar-refractivity contribution >= 4 is 42.3 Å². The van der Waals surface area contributed by atoms with Gasteiger partial charge >= 0.3 is 0 Å². The van der Waals surface area contributed by atoms with Gasteiger partial charge < -0.3 is 4.42 Å². The molecule has 1 aliphatic rings. The van der Waals surface area contributed by atoms with E-state index in [4.69, 9.17) is 4.42 Å². The number of nitrogens with one attached hydrogen (secondary N) is 1. The van der Waals surface area contributed by atoms with Gasteiger partial charge in [-0.15, -0.1) is 0 Å². The summed E-state index contributed by atoms with van der Waals surface area (Å²) in [5.74, 6) is -0.493. The summed E-state index contributed by atoms with van der Waals surface area (Å²) in [5, 5.41) is 0.279. The van der Waals surface area contributed by atoms with Crippen molar-refractivity contribution in [1.29, 1.82) is 0 Å². The fourth-order valence-electron chi connectivity index (χ4n) is 3.97. The van der Waals surface area contributed by atoms with E-state index in [-0.39, 0.29) is 33.6 Å². The summed E-state index contributed by atoms with van der Waals surface area (Å²) in [5.41, 5.74) is 1.78. The summed E-state index contributed by atoms with van der Waals surface area (Å²) in [7, 11) is -8.21. The van der Waals surface area contributed by atoms with Crippen molar-refractivity contribution in [1.82, 2.24) is 0 Å². The number of ketones is 1. The molecule has 0 atom stereocenters. The van der Waals surface area contributed by atoms with Crippen LogP contribution in [0.3, 0.4) is 0 Å². The van der Waals surface area contributed by atoms with E-state index < -0.39 is 19.9 Å². The Morgan fingerprint density at radius 3 is 2.33 bits per heavy atom. The molecule has 0 saturated carbocycles. The molecule has 0 unspecified atom stereocenters. The number of furan rings is 1. The van der Waals surface area contributed by atoms with Gasteiger partial charge in [-0.3, -0.25) is 9.52 Å². The lowest BCUT2D eigenvalue weighted by Gasteiger charge is -2.14. The number of rotatable bonds is 6. The van der Waals surface area contributed by atoms with Crippen LogP contribution in [0.4, 0.5) is 5.69 Å². The number of sulfone groups is 1. The van der Waals surface area contributed by atoms with Gasteiger partial charge in [-0.05, 0) is 35.7 Å². The number of hydrogen-bond donors (Lipinski definition) is 1. The molecule has 1 N–H and O–H groups in total. The van der Waals surface area contributed by atoms with Crippen LogP contribution in [0, 0.1) is 0 Å². The normalized spacial score (nSPS) is 13.9. The molecule has 5 rings (SSSR count). The number of Topliss-reactive ketones (excluding diaryl/α,β-unsaturated/α-hetero) is 1. The Kier molecular flexibility index (Phi) is 5.10. The predicted octanol–water partition coefficient (Wildman–Crippen LogP) is 4.34. The first-order chi connectivity index (χ1) is 15.7. The van der Waals surface area contributed by atoms with Crippen LogP contribution in [0.5, 0.6) is 0 Å². The zero-order chi connectivity index (χ0) is 23.2. The fourth-order valence-corrected chi connectivity index (χ4v) is 6.60. The van der Waals surface area contributed by atoms with Crippen LogP contribution in [0.1, 0.15) is 27.9 Å². The summed E-state index contributed by atoms with van der Waals surface area (Å²) in [6, 6.07) is 19.5. The first-order valence-corrected chi connectivity index (χ1v) is 13.3. The Labute approximate surface area is 191 Å². The van der Waals surface area contributed by atoms with Gasteiger partial charge in [0.25, 0.3) is 10.0 Å². The Morgan fingerprint density at radius 2 is 1.58 bits per heavy atom. The van der Waals surface area contributed by atoms with Crippen LogP contribution in [0.25, 0.3) is 11.0 Å². The highest BCUT2D eigenvalue weighted by Crippen LogP contribution is 2.34. The summed E-state index contributed by atoms with van der Waals surface area (Å²) >= 11 is 0. The smallest absolute Gasteiger partial charge is 0.295 e. The van der Waals surface area contributed by atoms with Crippen molar-refractivity contribution < 1.29 is 26.0 Å². The maximum Gasteiger partial charge on any atom is 0.295 e. The molecule has 4 aromatic rings. The summed E-state index contributed by atoms with van der Waals surface area (Å²) in [6.07, 6.45) is 0.680. The fraction of sp³-hybridized carbons (Fsp3) is 0.125. The number of aryl methyl sites for hydroxylation is 1. The molecule has 0 aliphatic heterocycles. The zero-order valence-corrected chi connectivity index (χ0v) is 18.9. The van der Waals surface area contributed by atoms with Crippen LogP contribution in [0.15, 0.2) is 87.2 Å². The van der Waals surface area contributed by atoms with Gasteiger partial charge in [0.15, 0.2) is 15.6 Å². The van der Waals surface area contributed by atoms with Gasteiger partial charge in [0.2, 0.25) is 5.09 Å². The van der Waals surface area contributed by atoms with E-state index in [2.05, 4.69) is 4.72 Å². The van der Waals surface area contributed by atoms with Crippen molar-refractivity contribution in [3.8, 4) is 0 Å². The van der Waals surface area contributed by atoms with Crippen LogP contribution in [0.2, 0.25) is 0 Å². The minimum atomic E-state index is -4.23. The predicted molar refractivity (Wildman–Crippen MR) is 123 cm³/mol. The average Bonchev–Trinajstić information content (AvgIpc) is 3.37. The number of fused-ring (bicyclic) bond motifs is 2. The van der Waals surface area contributed by atoms with Crippen LogP contribution < -0.4 is 4.72 Å². The molecule has 7 nitrogen and oxygen atoms in total. The van der Waals surface area contributed by atoms with Crippen molar-refractivity contribution in [3.63, 3.8) is 0 Å². The molecule has 0 saturated heterocycles. The van der Waals surface area contributed by atoms with E-state index in [1.165, 1.54) is 18.2 Å². The van der Waals surface area contributed by atoms with Crippen molar-refractivity contribution in [2.45, 2.75) is 28.6 Å². The molecule has 0 radical (unpaired) electrons. The number of carbonyl (C=O) groups excluding carboxylic acids is 1. The molecular weight excluding hydrogens is 462 g/mol. The van der Waals surface area contributed by atoms with Crippen LogP contribution >= 0.6 is 0 Å². The highest BCUT2D eigenvalue weighted by molar-refractivity contribution is 7.93. The zero-order valence-electron chi connectivity index (χ0n) is 17.3. The molecule has 3 aromatic carbocycles. The quantitative estimate of drug-likeness (QED) is 0.439. The highest BCUT2D eigenvalue weighted by Gasteiger charge is 2.30. The Morgan fingerprint density at radius 1 is 0.848 bits per heavy atom. The van der Waals surface area contributed by atoms with Gasteiger partial charge in [0.05, 0.1) is 16.3 Å². The van der Waals surface area contributed by atoms with Crippen molar-refractivity contribution in [2.24, 2.45) is 0 Å². The highest BCUT2D eigenvalue weighted by atomic mass is 32.2. The second kappa shape index (κ2) is 7.86. The lowest BCUT2D eigenvalue weighted by Crippen LogP contribution is -2.16. The molecule has 1 aromatic heterocycles. The molecule has 9 heteroatoms. The average molecular weight is 482 g/mol. The van der Waals surface area contributed by atoms with E-state index >= 15 is 0 Å². The third-order valence-corrected chi connectivity index (χ3v) is 8.51. The van der Waals surface area contributed by atoms with Gasteiger partial charge in [0, 0.05) is 23.4 Å². The number of sulfonamides is 1. The molecule has 1 heterocycles. The lowest BCUT2D eigenvalue weighted by molar-refractivity contribution is 0.0994. The standard InChI is InChI=1S/C24H19NO6S2/c26-21-11-10-17-12-20(25-33(29,30)24-13-18-8-4-5-9-22(18)31-24)23(14-19(17)21)32(27,28)15-16-6-2-1-3-7-16/h1-9,12-14,25H,10-11,15H2. The topological polar surface area (TPSA) is 111 Å². The van der Waals surface area contributed by atoms with Crippen molar-refractivity contribution in [2.75, 3.05) is 4.72 Å². The van der Waals surface area contributed by atoms with Gasteiger partial charge in [-0.1, -0.05) is 48.5 Å². The minimum absolute atomic E-state index is 0.0974. The number of carbonyl (C=O) groups is 1. The number of anilines is 1. The van der Waals surface area contributed by atoms with E-state index in [9.17, 15) is 21.6 Å². The molecule has 1 aliphatic carbocycles. The summed E-state index contributed by atoms with van der Waals surface area (Å²) < 4.78 is 60.7. The molecule has 0 bridgehead atoms. The van der Waals surface area contributed by atoms with E-state index in [0.29, 0.717) is 34.1 Å². The third kappa shape index (κ3) is 4.05. The summed E-state index contributed by atoms with van der Waals surface area (Å²) in [4.78, 5) is 12.0. The maximum atomic E-state index is 13.3. The summed E-state index contributed by atoms with van der Waals surface area (Å²) in [6.45, 7) is 0. The molecule has 168 valence electrons. The number of hydrogen-bond acceptors (Lipinski definition) is 6. The second-order valence-corrected chi connectivity index (χ2v) is 11.5. The number of para-hydroxylation sites is 1. The third-order valence-electron chi connectivity index (χ3n) is 5.57. The maximum absolute atomic E-state index is 13.3. The van der Waals surface area contributed by atoms with Crippen LogP contribution in [-0.4, -0.2) is 22.6 Å². The molecule has 0 amide bonds. The Hall–Kier alpha value is -3.43. The SMILES string of the molecule is O=C1CCc2cc(NS(=O)(=O)c3cc4ccccc4o3)c(S(=O)(=O)Cc3ccccc3)cc21. The van der Waals surface area contributed by atoms with Gasteiger partial charge in [0.1, 0.15) is 5.58 Å². The molecule has 0 spiro atoms. The Bertz CT molecular complexity index is 1570. The van der Waals surface area contributed by atoms with Gasteiger partial charge in [-0.2, -0.15) is 8.42 Å². The molecular formula is C24H19NO6S2. The minimum Gasteiger partial charge on any atom is -0.443 e. The second-order valence-electron chi connectivity index (χ2n) is 7.88.